The monoisotopic (exact) mass is 254 g/mol. The number of nitrogens with zero attached hydrogens (tertiary/aromatic N) is 2. The van der Waals surface area contributed by atoms with Crippen LogP contribution in [0.4, 0.5) is 18.0 Å². The zero-order valence-corrected chi connectivity index (χ0v) is 9.79. The van der Waals surface area contributed by atoms with Gasteiger partial charge in [-0.1, -0.05) is 0 Å². The number of alkyl halides is 3. The lowest BCUT2D eigenvalue weighted by atomic mass is 10.3. The van der Waals surface area contributed by atoms with Crippen LogP contribution in [0.5, 0.6) is 0 Å². The molecule has 1 heterocycles. The third-order valence-electron chi connectivity index (χ3n) is 2.61. The molecule has 4 nitrogen and oxygen atoms in total. The fourth-order valence-corrected chi connectivity index (χ4v) is 1.65. The van der Waals surface area contributed by atoms with Gasteiger partial charge in [0.2, 0.25) is 0 Å². The van der Waals surface area contributed by atoms with Gasteiger partial charge in [0.25, 0.3) is 0 Å². The van der Waals surface area contributed by atoms with E-state index in [1.807, 2.05) is 0 Å². The first kappa shape index (κ1) is 14.1. The van der Waals surface area contributed by atoms with Crippen LogP contribution in [0, 0.1) is 0 Å². The largest absolute Gasteiger partial charge is 0.450 e. The maximum Gasteiger partial charge on any atom is 0.409 e. The molecule has 1 aliphatic heterocycles. The second-order valence-corrected chi connectivity index (χ2v) is 3.89. The van der Waals surface area contributed by atoms with Crippen LogP contribution in [0.3, 0.4) is 0 Å². The Bertz CT molecular complexity index is 250. The van der Waals surface area contributed by atoms with Crippen molar-refractivity contribution in [1.82, 2.24) is 9.80 Å². The topological polar surface area (TPSA) is 32.8 Å². The highest BCUT2D eigenvalue weighted by atomic mass is 19.4. The molecule has 1 aliphatic rings. The van der Waals surface area contributed by atoms with E-state index in [-0.39, 0.29) is 12.6 Å². The molecule has 0 aromatic rings. The van der Waals surface area contributed by atoms with Crippen LogP contribution >= 0.6 is 0 Å². The quantitative estimate of drug-likeness (QED) is 0.768. The lowest BCUT2D eigenvalue weighted by molar-refractivity contribution is -0.138. The van der Waals surface area contributed by atoms with E-state index in [0.29, 0.717) is 32.8 Å². The minimum atomic E-state index is -4.11. The SMILES string of the molecule is CCOC(=O)N1CCN(CCC(F)(F)F)CC1. The lowest BCUT2D eigenvalue weighted by Crippen LogP contribution is -2.49. The van der Waals surface area contributed by atoms with Crippen LogP contribution in [0.15, 0.2) is 0 Å². The maximum absolute atomic E-state index is 12.0. The van der Waals surface area contributed by atoms with Crippen LogP contribution in [0.25, 0.3) is 0 Å². The van der Waals surface area contributed by atoms with Crippen molar-refractivity contribution < 1.29 is 22.7 Å². The average molecular weight is 254 g/mol. The number of carbonyl (C=O) groups excluding carboxylic acids is 1. The molecule has 17 heavy (non-hydrogen) atoms. The summed E-state index contributed by atoms with van der Waals surface area (Å²) in [4.78, 5) is 14.6. The minimum absolute atomic E-state index is 0.000164. The fourth-order valence-electron chi connectivity index (χ4n) is 1.65. The molecule has 0 bridgehead atoms. The van der Waals surface area contributed by atoms with Gasteiger partial charge in [0, 0.05) is 32.7 Å². The van der Waals surface area contributed by atoms with Crippen molar-refractivity contribution in [2.24, 2.45) is 0 Å². The molecule has 0 atom stereocenters. The average Bonchev–Trinajstić information content (AvgIpc) is 2.26. The van der Waals surface area contributed by atoms with Gasteiger partial charge in [-0.3, -0.25) is 4.90 Å². The smallest absolute Gasteiger partial charge is 0.409 e. The molecule has 1 saturated heterocycles. The van der Waals surface area contributed by atoms with Gasteiger partial charge < -0.3 is 9.64 Å². The first-order chi connectivity index (χ1) is 7.92. The summed E-state index contributed by atoms with van der Waals surface area (Å²) in [5.74, 6) is 0. The number of carbonyl (C=O) groups is 1. The summed E-state index contributed by atoms with van der Waals surface area (Å²) in [5.41, 5.74) is 0. The summed E-state index contributed by atoms with van der Waals surface area (Å²) in [6.45, 7) is 3.82. The number of piperazine rings is 1. The molecule has 0 saturated carbocycles. The van der Waals surface area contributed by atoms with Gasteiger partial charge in [0.05, 0.1) is 13.0 Å². The Balaban J connectivity index is 2.24. The van der Waals surface area contributed by atoms with Gasteiger partial charge in [-0.2, -0.15) is 13.2 Å². The van der Waals surface area contributed by atoms with Crippen molar-refractivity contribution in [2.75, 3.05) is 39.3 Å². The molecule has 0 spiro atoms. The Kier molecular flexibility index (Phi) is 5.04. The summed E-state index contributed by atoms with van der Waals surface area (Å²) in [5, 5.41) is 0. The van der Waals surface area contributed by atoms with E-state index in [2.05, 4.69) is 0 Å². The number of hydrogen-bond donors (Lipinski definition) is 0. The fraction of sp³-hybridized carbons (Fsp3) is 0.900. The molecule has 7 heteroatoms. The van der Waals surface area contributed by atoms with Crippen molar-refractivity contribution in [3.8, 4) is 0 Å². The van der Waals surface area contributed by atoms with E-state index in [0.717, 1.165) is 0 Å². The molecule has 0 aliphatic carbocycles. The summed E-state index contributed by atoms with van der Waals surface area (Å²) in [6, 6.07) is 0. The second kappa shape index (κ2) is 6.09. The molecule has 0 N–H and O–H groups in total. The van der Waals surface area contributed by atoms with E-state index in [1.165, 1.54) is 4.90 Å². The third-order valence-corrected chi connectivity index (χ3v) is 2.61. The predicted octanol–water partition coefficient (Wildman–Crippen LogP) is 1.71. The number of halogens is 3. The van der Waals surface area contributed by atoms with Gasteiger partial charge in [-0.15, -0.1) is 0 Å². The molecule has 1 fully saturated rings. The van der Waals surface area contributed by atoms with Crippen molar-refractivity contribution >= 4 is 6.09 Å². The van der Waals surface area contributed by atoms with E-state index in [9.17, 15) is 18.0 Å². The normalized spacial score (nSPS) is 18.2. The number of ether oxygens (including phenoxy) is 1. The van der Waals surface area contributed by atoms with Gasteiger partial charge >= 0.3 is 12.3 Å². The highest BCUT2D eigenvalue weighted by Gasteiger charge is 2.29. The van der Waals surface area contributed by atoms with Crippen molar-refractivity contribution in [2.45, 2.75) is 19.5 Å². The molecule has 1 amide bonds. The number of hydrogen-bond acceptors (Lipinski definition) is 3. The molecule has 0 radical (unpaired) electrons. The Labute approximate surface area is 98.3 Å². The highest BCUT2D eigenvalue weighted by Crippen LogP contribution is 2.20. The molecule has 0 aromatic heterocycles. The molecule has 0 aromatic carbocycles. The van der Waals surface area contributed by atoms with Crippen LogP contribution in [0.2, 0.25) is 0 Å². The lowest BCUT2D eigenvalue weighted by Gasteiger charge is -2.34. The van der Waals surface area contributed by atoms with E-state index in [4.69, 9.17) is 4.74 Å². The van der Waals surface area contributed by atoms with E-state index >= 15 is 0 Å². The van der Waals surface area contributed by atoms with Gasteiger partial charge in [-0.25, -0.2) is 4.79 Å². The Hall–Kier alpha value is -0.980. The van der Waals surface area contributed by atoms with Crippen LogP contribution in [-0.2, 0) is 4.74 Å². The zero-order valence-electron chi connectivity index (χ0n) is 9.79. The molecular weight excluding hydrogens is 237 g/mol. The van der Waals surface area contributed by atoms with Gasteiger partial charge in [0.1, 0.15) is 0 Å². The van der Waals surface area contributed by atoms with Crippen molar-refractivity contribution in [3.05, 3.63) is 0 Å². The van der Waals surface area contributed by atoms with E-state index < -0.39 is 12.6 Å². The number of rotatable bonds is 3. The third kappa shape index (κ3) is 5.25. The molecule has 0 unspecified atom stereocenters. The maximum atomic E-state index is 12.0. The van der Waals surface area contributed by atoms with Crippen LogP contribution < -0.4 is 0 Å². The Morgan fingerprint density at radius 3 is 2.29 bits per heavy atom. The number of amides is 1. The van der Waals surface area contributed by atoms with Crippen molar-refractivity contribution in [3.63, 3.8) is 0 Å². The Morgan fingerprint density at radius 2 is 1.82 bits per heavy atom. The minimum Gasteiger partial charge on any atom is -0.450 e. The highest BCUT2D eigenvalue weighted by molar-refractivity contribution is 5.67. The molecule has 100 valence electrons. The summed E-state index contributed by atoms with van der Waals surface area (Å²) >= 11 is 0. The Morgan fingerprint density at radius 1 is 1.24 bits per heavy atom. The second-order valence-electron chi connectivity index (χ2n) is 3.89. The predicted molar refractivity (Wildman–Crippen MR) is 55.7 cm³/mol. The van der Waals surface area contributed by atoms with Crippen LogP contribution in [-0.4, -0.2) is 61.4 Å². The summed E-state index contributed by atoms with van der Waals surface area (Å²) in [7, 11) is 0. The van der Waals surface area contributed by atoms with Gasteiger partial charge in [0.15, 0.2) is 0 Å². The molecule has 1 rings (SSSR count). The van der Waals surface area contributed by atoms with Crippen LogP contribution in [0.1, 0.15) is 13.3 Å². The molecular formula is C10H17F3N2O2. The van der Waals surface area contributed by atoms with E-state index in [1.54, 1.807) is 11.8 Å². The zero-order chi connectivity index (χ0) is 12.9. The standard InChI is InChI=1S/C10H17F3N2O2/c1-2-17-9(16)15-7-5-14(6-8-15)4-3-10(11,12)13/h2-8H2,1H3. The van der Waals surface area contributed by atoms with Crippen molar-refractivity contribution in [1.29, 1.82) is 0 Å². The van der Waals surface area contributed by atoms with Gasteiger partial charge in [-0.05, 0) is 6.92 Å². The first-order valence-corrected chi connectivity index (χ1v) is 5.63. The summed E-state index contributed by atoms with van der Waals surface area (Å²) in [6.07, 6.45) is -5.30. The summed E-state index contributed by atoms with van der Waals surface area (Å²) < 4.78 is 40.8. The first-order valence-electron chi connectivity index (χ1n) is 5.63.